The molecule has 3 unspecified atom stereocenters. The zero-order valence-corrected chi connectivity index (χ0v) is 11.8. The standard InChI is InChI=1S/C13H22BrNO/c1-8(2)6-9(14)7-15-13(16)12-10-4-3-5-11(10)12/h8-12H,3-7H2,1-2H3,(H,15,16). The first kappa shape index (κ1) is 12.4. The number of hydrogen-bond donors (Lipinski definition) is 1. The molecule has 0 bridgehead atoms. The molecule has 0 aromatic heterocycles. The number of hydrogen-bond acceptors (Lipinski definition) is 1. The number of alkyl halides is 1. The minimum absolute atomic E-state index is 0.308. The van der Waals surface area contributed by atoms with Gasteiger partial charge in [-0.05, 0) is 37.0 Å². The van der Waals surface area contributed by atoms with E-state index in [-0.39, 0.29) is 0 Å². The Morgan fingerprint density at radius 1 is 1.38 bits per heavy atom. The Labute approximate surface area is 107 Å². The van der Waals surface area contributed by atoms with Crippen LogP contribution in [-0.2, 0) is 4.79 Å². The number of rotatable bonds is 5. The maximum absolute atomic E-state index is 11.9. The smallest absolute Gasteiger partial charge is 0.223 e. The molecule has 1 N–H and O–H groups in total. The summed E-state index contributed by atoms with van der Waals surface area (Å²) in [5, 5.41) is 3.09. The van der Waals surface area contributed by atoms with Gasteiger partial charge in [-0.1, -0.05) is 36.2 Å². The molecule has 3 heteroatoms. The Balaban J connectivity index is 1.65. The molecule has 1 amide bonds. The van der Waals surface area contributed by atoms with Crippen molar-refractivity contribution in [2.45, 2.75) is 44.4 Å². The van der Waals surface area contributed by atoms with Crippen LogP contribution in [0.3, 0.4) is 0 Å². The lowest BCUT2D eigenvalue weighted by molar-refractivity contribution is -0.123. The summed E-state index contributed by atoms with van der Waals surface area (Å²) in [4.78, 5) is 12.3. The van der Waals surface area contributed by atoms with Gasteiger partial charge in [-0.15, -0.1) is 0 Å². The second-order valence-corrected chi connectivity index (χ2v) is 7.05. The van der Waals surface area contributed by atoms with E-state index < -0.39 is 0 Å². The highest BCUT2D eigenvalue weighted by molar-refractivity contribution is 9.09. The molecule has 2 aliphatic carbocycles. The van der Waals surface area contributed by atoms with Crippen molar-refractivity contribution in [2.24, 2.45) is 23.7 Å². The summed E-state index contributed by atoms with van der Waals surface area (Å²) >= 11 is 3.62. The van der Waals surface area contributed by atoms with Crippen LogP contribution in [0.15, 0.2) is 0 Å². The van der Waals surface area contributed by atoms with Crippen LogP contribution in [0, 0.1) is 23.7 Å². The highest BCUT2D eigenvalue weighted by atomic mass is 79.9. The van der Waals surface area contributed by atoms with Crippen LogP contribution in [0.25, 0.3) is 0 Å². The minimum Gasteiger partial charge on any atom is -0.355 e. The van der Waals surface area contributed by atoms with Gasteiger partial charge in [0.15, 0.2) is 0 Å². The van der Waals surface area contributed by atoms with Crippen LogP contribution >= 0.6 is 15.9 Å². The zero-order valence-electron chi connectivity index (χ0n) is 10.2. The van der Waals surface area contributed by atoms with E-state index in [2.05, 4.69) is 35.1 Å². The molecule has 0 aliphatic heterocycles. The molecule has 0 heterocycles. The van der Waals surface area contributed by atoms with Crippen LogP contribution in [0.2, 0.25) is 0 Å². The van der Waals surface area contributed by atoms with Crippen LogP contribution in [0.4, 0.5) is 0 Å². The number of fused-ring (bicyclic) bond motifs is 1. The summed E-state index contributed by atoms with van der Waals surface area (Å²) in [7, 11) is 0. The van der Waals surface area contributed by atoms with Gasteiger partial charge in [-0.2, -0.15) is 0 Å². The number of carbonyl (C=O) groups excluding carboxylic acids is 1. The van der Waals surface area contributed by atoms with E-state index in [1.54, 1.807) is 0 Å². The van der Waals surface area contributed by atoms with Crippen molar-refractivity contribution in [1.29, 1.82) is 0 Å². The van der Waals surface area contributed by atoms with E-state index >= 15 is 0 Å². The van der Waals surface area contributed by atoms with Gasteiger partial charge < -0.3 is 5.32 Å². The molecule has 0 aromatic carbocycles. The number of nitrogens with one attached hydrogen (secondary N) is 1. The molecule has 16 heavy (non-hydrogen) atoms. The van der Waals surface area contributed by atoms with Crippen molar-refractivity contribution in [3.63, 3.8) is 0 Å². The van der Waals surface area contributed by atoms with Gasteiger partial charge in [0.25, 0.3) is 0 Å². The van der Waals surface area contributed by atoms with E-state index in [1.165, 1.54) is 19.3 Å². The predicted molar refractivity (Wildman–Crippen MR) is 69.5 cm³/mol. The van der Waals surface area contributed by atoms with Crippen LogP contribution in [0.1, 0.15) is 39.5 Å². The Bertz CT molecular complexity index is 257. The normalized spacial score (nSPS) is 33.6. The SMILES string of the molecule is CC(C)CC(Br)CNC(=O)C1C2CCCC21. The first-order chi connectivity index (χ1) is 7.59. The first-order valence-corrected chi connectivity index (χ1v) is 7.43. The van der Waals surface area contributed by atoms with Crippen molar-refractivity contribution >= 4 is 21.8 Å². The van der Waals surface area contributed by atoms with Crippen LogP contribution < -0.4 is 5.32 Å². The second-order valence-electron chi connectivity index (χ2n) is 5.76. The molecule has 2 aliphatic rings. The molecule has 3 atom stereocenters. The van der Waals surface area contributed by atoms with E-state index in [9.17, 15) is 4.79 Å². The third kappa shape index (κ3) is 2.79. The predicted octanol–water partition coefficient (Wildman–Crippen LogP) is 2.96. The average molecular weight is 288 g/mol. The van der Waals surface area contributed by atoms with Gasteiger partial charge in [0.1, 0.15) is 0 Å². The van der Waals surface area contributed by atoms with E-state index in [1.807, 2.05) is 0 Å². The molecule has 2 nitrogen and oxygen atoms in total. The highest BCUT2D eigenvalue weighted by Crippen LogP contribution is 2.57. The van der Waals surface area contributed by atoms with Crippen molar-refractivity contribution in [1.82, 2.24) is 5.32 Å². The summed E-state index contributed by atoms with van der Waals surface area (Å²) < 4.78 is 0. The monoisotopic (exact) mass is 287 g/mol. The molecule has 2 rings (SSSR count). The third-order valence-corrected chi connectivity index (χ3v) is 4.63. The summed E-state index contributed by atoms with van der Waals surface area (Å²) in [5.74, 6) is 2.83. The average Bonchev–Trinajstić information content (AvgIpc) is 2.68. The fourth-order valence-electron chi connectivity index (χ4n) is 3.13. The molecular weight excluding hydrogens is 266 g/mol. The van der Waals surface area contributed by atoms with Gasteiger partial charge in [0, 0.05) is 17.3 Å². The van der Waals surface area contributed by atoms with Crippen LogP contribution in [-0.4, -0.2) is 17.3 Å². The van der Waals surface area contributed by atoms with Gasteiger partial charge in [0.2, 0.25) is 5.91 Å². The molecule has 92 valence electrons. The Morgan fingerprint density at radius 3 is 2.56 bits per heavy atom. The molecule has 0 spiro atoms. The fourth-order valence-corrected chi connectivity index (χ4v) is 4.04. The summed E-state index contributed by atoms with van der Waals surface area (Å²) in [6, 6.07) is 0. The minimum atomic E-state index is 0.308. The Hall–Kier alpha value is -0.0500. The molecule has 0 radical (unpaired) electrons. The maximum Gasteiger partial charge on any atom is 0.223 e. The largest absolute Gasteiger partial charge is 0.355 e. The van der Waals surface area contributed by atoms with Crippen molar-refractivity contribution < 1.29 is 4.79 Å². The first-order valence-electron chi connectivity index (χ1n) is 6.51. The maximum atomic E-state index is 11.9. The fraction of sp³-hybridized carbons (Fsp3) is 0.923. The van der Waals surface area contributed by atoms with Gasteiger partial charge in [-0.25, -0.2) is 0 Å². The van der Waals surface area contributed by atoms with Crippen LogP contribution in [0.5, 0.6) is 0 Å². The quantitative estimate of drug-likeness (QED) is 0.774. The number of carbonyl (C=O) groups is 1. The molecule has 0 saturated heterocycles. The lowest BCUT2D eigenvalue weighted by atomic mass is 10.1. The lowest BCUT2D eigenvalue weighted by Crippen LogP contribution is -2.32. The summed E-state index contributed by atoms with van der Waals surface area (Å²) in [6.07, 6.45) is 5.03. The third-order valence-electron chi connectivity index (χ3n) is 3.93. The van der Waals surface area contributed by atoms with E-state index in [0.29, 0.717) is 22.6 Å². The molecular formula is C13H22BrNO. The second kappa shape index (κ2) is 5.07. The molecule has 2 fully saturated rings. The highest BCUT2D eigenvalue weighted by Gasteiger charge is 2.56. The molecule has 0 aromatic rings. The number of halogens is 1. The van der Waals surface area contributed by atoms with E-state index in [4.69, 9.17) is 0 Å². The van der Waals surface area contributed by atoms with Crippen molar-refractivity contribution in [3.05, 3.63) is 0 Å². The van der Waals surface area contributed by atoms with Gasteiger partial charge in [-0.3, -0.25) is 4.79 Å². The summed E-state index contributed by atoms with van der Waals surface area (Å²) in [6.45, 7) is 5.20. The zero-order chi connectivity index (χ0) is 11.7. The topological polar surface area (TPSA) is 29.1 Å². The Kier molecular flexibility index (Phi) is 3.93. The van der Waals surface area contributed by atoms with Gasteiger partial charge >= 0.3 is 0 Å². The van der Waals surface area contributed by atoms with E-state index in [0.717, 1.165) is 24.8 Å². The summed E-state index contributed by atoms with van der Waals surface area (Å²) in [5.41, 5.74) is 0. The lowest BCUT2D eigenvalue weighted by Gasteiger charge is -2.13. The van der Waals surface area contributed by atoms with Crippen molar-refractivity contribution in [3.8, 4) is 0 Å². The Morgan fingerprint density at radius 2 is 2.00 bits per heavy atom. The molecule has 2 saturated carbocycles. The van der Waals surface area contributed by atoms with Gasteiger partial charge in [0.05, 0.1) is 0 Å². The van der Waals surface area contributed by atoms with Crippen molar-refractivity contribution in [2.75, 3.05) is 6.54 Å². The number of amides is 1.